The molecule has 2 heteroatoms. The highest BCUT2D eigenvalue weighted by atomic mass is 19.3. The van der Waals surface area contributed by atoms with E-state index in [0.717, 1.165) is 5.56 Å². The molecule has 108 valence electrons. The molecule has 0 bridgehead atoms. The lowest BCUT2D eigenvalue weighted by Gasteiger charge is -2.39. The Morgan fingerprint density at radius 2 is 1.63 bits per heavy atom. The van der Waals surface area contributed by atoms with Crippen molar-refractivity contribution in [2.75, 3.05) is 0 Å². The van der Waals surface area contributed by atoms with Gasteiger partial charge in [0.05, 0.1) is 0 Å². The molecule has 0 saturated heterocycles. The van der Waals surface area contributed by atoms with Crippen LogP contribution in [0.1, 0.15) is 59.6 Å². The smallest absolute Gasteiger partial charge is 0.179 e. The maximum atomic E-state index is 12.3. The van der Waals surface area contributed by atoms with Gasteiger partial charge in [-0.05, 0) is 28.5 Å². The molecular formula is C17H27FO. The molecule has 0 fully saturated rings. The minimum absolute atomic E-state index is 0.0143. The highest BCUT2D eigenvalue weighted by Gasteiger charge is 2.34. The van der Waals surface area contributed by atoms with Gasteiger partial charge in [0, 0.05) is 10.1 Å². The molecule has 0 aliphatic rings. The zero-order valence-corrected chi connectivity index (χ0v) is 13.3. The van der Waals surface area contributed by atoms with Gasteiger partial charge in [-0.3, -0.25) is 4.94 Å². The van der Waals surface area contributed by atoms with Crippen LogP contribution in [0.25, 0.3) is 6.08 Å². The summed E-state index contributed by atoms with van der Waals surface area (Å²) in [6, 6.07) is 5.50. The molecule has 0 atom stereocenters. The fourth-order valence-electron chi connectivity index (χ4n) is 1.60. The molecule has 1 aromatic rings. The lowest BCUT2D eigenvalue weighted by Crippen LogP contribution is -2.33. The third-order valence-corrected chi connectivity index (χ3v) is 3.91. The second kappa shape index (κ2) is 6.74. The molecule has 0 N–H and O–H groups in total. The van der Waals surface area contributed by atoms with Crippen LogP contribution in [0.4, 0.5) is 4.53 Å². The average Bonchev–Trinajstić information content (AvgIpc) is 2.38. The van der Waals surface area contributed by atoms with E-state index in [4.69, 9.17) is 0 Å². The standard InChI is InChI=1S/C15H21FO.C2H6/c1-7-11-10-12(8-9-13(11)17-16)15(5,6)14(2,3)4;1-2/h7-10H,1H2,2-6H3;1-2H3. The molecule has 0 radical (unpaired) electrons. The largest absolute Gasteiger partial charge is 0.294 e. The van der Waals surface area contributed by atoms with Crippen molar-refractivity contribution >= 4 is 6.08 Å². The molecule has 0 aliphatic carbocycles. The summed E-state index contributed by atoms with van der Waals surface area (Å²) in [5.74, 6) is 0.216. The van der Waals surface area contributed by atoms with Crippen LogP contribution in [0.3, 0.4) is 0 Å². The van der Waals surface area contributed by atoms with Crippen LogP contribution >= 0.6 is 0 Å². The van der Waals surface area contributed by atoms with Gasteiger partial charge in [0.2, 0.25) is 0 Å². The third-order valence-electron chi connectivity index (χ3n) is 3.91. The van der Waals surface area contributed by atoms with Crippen molar-refractivity contribution in [1.82, 2.24) is 0 Å². The highest BCUT2D eigenvalue weighted by Crippen LogP contribution is 2.42. The summed E-state index contributed by atoms with van der Waals surface area (Å²) in [5.41, 5.74) is 1.94. The van der Waals surface area contributed by atoms with E-state index in [0.29, 0.717) is 5.56 Å². The predicted octanol–water partition coefficient (Wildman–Crippen LogP) is 5.94. The first-order chi connectivity index (χ1) is 8.74. The molecule has 0 aromatic heterocycles. The van der Waals surface area contributed by atoms with E-state index in [9.17, 15) is 4.53 Å². The van der Waals surface area contributed by atoms with E-state index in [1.165, 1.54) is 0 Å². The predicted molar refractivity (Wildman–Crippen MR) is 82.1 cm³/mol. The Balaban J connectivity index is 0.00000154. The fourth-order valence-corrected chi connectivity index (χ4v) is 1.60. The summed E-state index contributed by atoms with van der Waals surface area (Å²) < 4.78 is 12.3. The molecule has 19 heavy (non-hydrogen) atoms. The minimum atomic E-state index is -0.0143. The van der Waals surface area contributed by atoms with Gasteiger partial charge >= 0.3 is 0 Å². The van der Waals surface area contributed by atoms with E-state index in [2.05, 4.69) is 46.1 Å². The van der Waals surface area contributed by atoms with Crippen LogP contribution in [0.2, 0.25) is 0 Å². The van der Waals surface area contributed by atoms with E-state index in [1.54, 1.807) is 12.1 Å². The van der Waals surface area contributed by atoms with Crippen LogP contribution in [0, 0.1) is 5.41 Å². The molecule has 1 aromatic carbocycles. The summed E-state index contributed by atoms with van der Waals surface area (Å²) in [4.78, 5) is 3.82. The van der Waals surface area contributed by atoms with Crippen molar-refractivity contribution in [3.63, 3.8) is 0 Å². The summed E-state index contributed by atoms with van der Waals surface area (Å²) in [5, 5.41) is 0. The average molecular weight is 266 g/mol. The molecule has 0 saturated carbocycles. The van der Waals surface area contributed by atoms with Crippen molar-refractivity contribution in [2.45, 2.75) is 53.9 Å². The number of hydrogen-bond acceptors (Lipinski definition) is 1. The first-order valence-corrected chi connectivity index (χ1v) is 6.79. The van der Waals surface area contributed by atoms with Crippen LogP contribution in [0.15, 0.2) is 24.8 Å². The number of halogens is 1. The summed E-state index contributed by atoms with van der Waals surface area (Å²) in [6.07, 6.45) is 1.61. The minimum Gasteiger partial charge on any atom is -0.294 e. The van der Waals surface area contributed by atoms with Crippen LogP contribution in [-0.2, 0) is 5.41 Å². The Hall–Kier alpha value is -1.31. The molecule has 0 aliphatic heterocycles. The normalized spacial score (nSPS) is 11.4. The molecule has 0 amide bonds. The molecule has 0 spiro atoms. The monoisotopic (exact) mass is 266 g/mol. The van der Waals surface area contributed by atoms with Crippen LogP contribution in [0.5, 0.6) is 5.75 Å². The Morgan fingerprint density at radius 3 is 2.00 bits per heavy atom. The fraction of sp³-hybridized carbons (Fsp3) is 0.529. The maximum absolute atomic E-state index is 12.3. The van der Waals surface area contributed by atoms with Crippen LogP contribution in [-0.4, -0.2) is 0 Å². The van der Waals surface area contributed by atoms with Gasteiger partial charge in [-0.15, -0.1) is 0 Å². The Bertz CT molecular complexity index is 414. The van der Waals surface area contributed by atoms with Gasteiger partial charge < -0.3 is 0 Å². The number of rotatable bonds is 3. The summed E-state index contributed by atoms with van der Waals surface area (Å²) in [7, 11) is 0. The molecule has 0 unspecified atom stereocenters. The first-order valence-electron chi connectivity index (χ1n) is 6.79. The Morgan fingerprint density at radius 1 is 1.11 bits per heavy atom. The second-order valence-corrected chi connectivity index (χ2v) is 5.91. The third kappa shape index (κ3) is 3.82. The molecule has 1 nitrogen and oxygen atoms in total. The van der Waals surface area contributed by atoms with Crippen molar-refractivity contribution in [2.24, 2.45) is 5.41 Å². The topological polar surface area (TPSA) is 9.23 Å². The first kappa shape index (κ1) is 17.7. The Kier molecular flexibility index (Phi) is 6.28. The number of benzene rings is 1. The van der Waals surface area contributed by atoms with E-state index in [-0.39, 0.29) is 16.6 Å². The van der Waals surface area contributed by atoms with Gasteiger partial charge in [-0.25, -0.2) is 0 Å². The summed E-state index contributed by atoms with van der Waals surface area (Å²) >= 11 is 0. The molecular weight excluding hydrogens is 239 g/mol. The van der Waals surface area contributed by atoms with Crippen molar-refractivity contribution in [3.8, 4) is 5.75 Å². The van der Waals surface area contributed by atoms with Crippen molar-refractivity contribution in [1.29, 1.82) is 0 Å². The SMILES string of the molecule is C=Cc1cc(C(C)(C)C(C)(C)C)ccc1OF.CC. The van der Waals surface area contributed by atoms with Crippen LogP contribution < -0.4 is 4.94 Å². The van der Waals surface area contributed by atoms with Gasteiger partial charge in [0.15, 0.2) is 5.75 Å². The van der Waals surface area contributed by atoms with E-state index < -0.39 is 0 Å². The zero-order chi connectivity index (χ0) is 15.3. The number of hydrogen-bond donors (Lipinski definition) is 0. The van der Waals surface area contributed by atoms with Gasteiger partial charge in [-0.2, -0.15) is 0 Å². The van der Waals surface area contributed by atoms with Crippen molar-refractivity contribution < 1.29 is 9.47 Å². The quantitative estimate of drug-likeness (QED) is 0.657. The molecule has 1 rings (SSSR count). The maximum Gasteiger partial charge on any atom is 0.179 e. The van der Waals surface area contributed by atoms with Gasteiger partial charge in [0.25, 0.3) is 0 Å². The van der Waals surface area contributed by atoms with Crippen molar-refractivity contribution in [3.05, 3.63) is 35.9 Å². The second-order valence-electron chi connectivity index (χ2n) is 5.91. The van der Waals surface area contributed by atoms with E-state index in [1.807, 2.05) is 26.0 Å². The lowest BCUT2D eigenvalue weighted by atomic mass is 9.65. The molecule has 0 heterocycles. The summed E-state index contributed by atoms with van der Waals surface area (Å²) in [6.45, 7) is 18.6. The highest BCUT2D eigenvalue weighted by molar-refractivity contribution is 5.57. The Labute approximate surface area is 117 Å². The van der Waals surface area contributed by atoms with E-state index >= 15 is 0 Å². The zero-order valence-electron chi connectivity index (χ0n) is 13.3. The lowest BCUT2D eigenvalue weighted by molar-refractivity contribution is -0.00651. The van der Waals surface area contributed by atoms with Gasteiger partial charge in [-0.1, -0.05) is 67.2 Å². The van der Waals surface area contributed by atoms with Gasteiger partial charge in [0.1, 0.15) is 0 Å².